The van der Waals surface area contributed by atoms with Crippen molar-refractivity contribution in [2.45, 2.75) is 37.9 Å². The monoisotopic (exact) mass is 405 g/mol. The van der Waals surface area contributed by atoms with Gasteiger partial charge in [0, 0.05) is 45.2 Å². The summed E-state index contributed by atoms with van der Waals surface area (Å²) in [5, 5.41) is 3.21. The molecule has 2 heterocycles. The fourth-order valence-corrected chi connectivity index (χ4v) is 3.97. The normalized spacial score (nSPS) is 21.6. The number of halogens is 4. The van der Waals surface area contributed by atoms with E-state index in [4.69, 9.17) is 0 Å². The summed E-state index contributed by atoms with van der Waals surface area (Å²) in [6.07, 6.45) is -1.40. The van der Waals surface area contributed by atoms with E-state index < -0.39 is 11.7 Å². The average Bonchev–Trinajstić information content (AvgIpc) is 2.66. The molecule has 0 aromatic heterocycles. The van der Waals surface area contributed by atoms with E-state index in [2.05, 4.69) is 10.2 Å². The van der Waals surface area contributed by atoms with E-state index in [-0.39, 0.29) is 24.4 Å². The van der Waals surface area contributed by atoms with E-state index in [1.165, 1.54) is 6.07 Å². The molecule has 3 rings (SSSR count). The Morgan fingerprint density at radius 3 is 2.52 bits per heavy atom. The van der Waals surface area contributed by atoms with Gasteiger partial charge in [-0.1, -0.05) is 24.6 Å². The molecule has 0 radical (unpaired) electrons. The minimum atomic E-state index is -4.35. The predicted octanol–water partition coefficient (Wildman–Crippen LogP) is 3.48. The number of likely N-dealkylation sites (tertiary alicyclic amines) is 1. The van der Waals surface area contributed by atoms with E-state index in [9.17, 15) is 18.0 Å². The number of amides is 1. The molecular weight excluding hydrogens is 379 g/mol. The van der Waals surface area contributed by atoms with Crippen LogP contribution in [-0.2, 0) is 11.0 Å². The van der Waals surface area contributed by atoms with Crippen LogP contribution in [0.5, 0.6) is 0 Å². The van der Waals surface area contributed by atoms with Crippen molar-refractivity contribution in [1.29, 1.82) is 0 Å². The molecule has 1 aromatic rings. The molecule has 2 aliphatic rings. The number of nitrogens with zero attached hydrogens (tertiary/aromatic N) is 2. The second-order valence-corrected chi connectivity index (χ2v) is 7.01. The molecule has 2 fully saturated rings. The van der Waals surface area contributed by atoms with Crippen LogP contribution >= 0.6 is 12.4 Å². The number of carbonyl (C=O) groups excluding carboxylic acids is 1. The van der Waals surface area contributed by atoms with Crippen LogP contribution in [0.3, 0.4) is 0 Å². The van der Waals surface area contributed by atoms with Gasteiger partial charge in [0.05, 0.1) is 5.56 Å². The fraction of sp³-hybridized carbons (Fsp3) is 0.632. The Labute approximate surface area is 164 Å². The van der Waals surface area contributed by atoms with Crippen molar-refractivity contribution in [3.05, 3.63) is 35.4 Å². The van der Waals surface area contributed by atoms with E-state index in [0.717, 1.165) is 38.5 Å². The first-order valence-electron chi connectivity index (χ1n) is 9.35. The number of rotatable bonds is 4. The van der Waals surface area contributed by atoms with Gasteiger partial charge < -0.3 is 10.2 Å². The molecular formula is C19H27ClF3N3O. The van der Waals surface area contributed by atoms with Gasteiger partial charge in [-0.05, 0) is 31.0 Å². The number of alkyl halides is 3. The van der Waals surface area contributed by atoms with Gasteiger partial charge in [-0.2, -0.15) is 13.2 Å². The van der Waals surface area contributed by atoms with Crippen LogP contribution < -0.4 is 5.32 Å². The summed E-state index contributed by atoms with van der Waals surface area (Å²) in [5.74, 6) is 0.0972. The maximum Gasteiger partial charge on any atom is 0.416 e. The van der Waals surface area contributed by atoms with Crippen LogP contribution in [-0.4, -0.2) is 55.0 Å². The largest absolute Gasteiger partial charge is 0.416 e. The molecule has 2 saturated heterocycles. The Morgan fingerprint density at radius 2 is 1.81 bits per heavy atom. The summed E-state index contributed by atoms with van der Waals surface area (Å²) in [7, 11) is 0. The van der Waals surface area contributed by atoms with Gasteiger partial charge in [0.1, 0.15) is 0 Å². The minimum Gasteiger partial charge on any atom is -0.340 e. The highest BCUT2D eigenvalue weighted by atomic mass is 35.5. The highest BCUT2D eigenvalue weighted by Crippen LogP contribution is 2.39. The minimum absolute atomic E-state index is 0. The summed E-state index contributed by atoms with van der Waals surface area (Å²) in [5.41, 5.74) is -0.209. The van der Waals surface area contributed by atoms with Crippen molar-refractivity contribution in [2.75, 3.05) is 39.3 Å². The summed E-state index contributed by atoms with van der Waals surface area (Å²) >= 11 is 0. The van der Waals surface area contributed by atoms with Gasteiger partial charge in [-0.3, -0.25) is 9.69 Å². The first-order valence-corrected chi connectivity index (χ1v) is 9.35. The van der Waals surface area contributed by atoms with E-state index in [1.54, 1.807) is 12.1 Å². The number of benzene rings is 1. The summed E-state index contributed by atoms with van der Waals surface area (Å²) in [6, 6.07) is 5.59. The molecule has 1 N–H and O–H groups in total. The quantitative estimate of drug-likeness (QED) is 0.833. The van der Waals surface area contributed by atoms with E-state index >= 15 is 0 Å². The highest BCUT2D eigenvalue weighted by Gasteiger charge is 2.37. The zero-order valence-corrected chi connectivity index (χ0v) is 16.1. The summed E-state index contributed by atoms with van der Waals surface area (Å²) in [6.45, 7) is 4.28. The van der Waals surface area contributed by atoms with Gasteiger partial charge in [-0.25, -0.2) is 0 Å². The Balaban J connectivity index is 0.00000261. The van der Waals surface area contributed by atoms with Gasteiger partial charge in [0.2, 0.25) is 5.91 Å². The number of piperidine rings is 1. The summed E-state index contributed by atoms with van der Waals surface area (Å²) in [4.78, 5) is 16.3. The predicted molar refractivity (Wildman–Crippen MR) is 101 cm³/mol. The third kappa shape index (κ3) is 5.59. The van der Waals surface area contributed by atoms with Crippen molar-refractivity contribution >= 4 is 18.3 Å². The maximum absolute atomic E-state index is 13.4. The lowest BCUT2D eigenvalue weighted by molar-refractivity contribution is -0.139. The second kappa shape index (κ2) is 9.75. The molecule has 1 amide bonds. The molecule has 1 unspecified atom stereocenters. The van der Waals surface area contributed by atoms with Gasteiger partial charge in [-0.15, -0.1) is 12.4 Å². The molecule has 1 aromatic carbocycles. The third-order valence-electron chi connectivity index (χ3n) is 5.32. The standard InChI is InChI=1S/C19H26F3N3O.ClH/c20-19(21,22)16-6-2-1-5-15(16)17-7-3-4-11-24(17)12-8-18(26)25-13-9-23-10-14-25;/h1-2,5-6,17,23H,3-4,7-14H2;1H. The van der Waals surface area contributed by atoms with Crippen LogP contribution in [0.1, 0.15) is 42.9 Å². The Hall–Kier alpha value is -1.31. The molecule has 8 heteroatoms. The molecule has 4 nitrogen and oxygen atoms in total. The number of hydrogen-bond donors (Lipinski definition) is 1. The smallest absolute Gasteiger partial charge is 0.340 e. The number of piperazine rings is 1. The molecule has 0 saturated carbocycles. The number of hydrogen-bond acceptors (Lipinski definition) is 3. The van der Waals surface area contributed by atoms with Crippen molar-refractivity contribution in [3.8, 4) is 0 Å². The lowest BCUT2D eigenvalue weighted by Crippen LogP contribution is -2.47. The molecule has 152 valence electrons. The van der Waals surface area contributed by atoms with Crippen LogP contribution in [0.4, 0.5) is 13.2 Å². The van der Waals surface area contributed by atoms with Gasteiger partial charge >= 0.3 is 6.18 Å². The molecule has 0 spiro atoms. The molecule has 0 bridgehead atoms. The first kappa shape index (κ1) is 22.0. The fourth-order valence-electron chi connectivity index (χ4n) is 3.97. The van der Waals surface area contributed by atoms with Crippen LogP contribution in [0.2, 0.25) is 0 Å². The summed E-state index contributed by atoms with van der Waals surface area (Å²) < 4.78 is 40.2. The van der Waals surface area contributed by atoms with Crippen LogP contribution in [0.25, 0.3) is 0 Å². The van der Waals surface area contributed by atoms with Crippen LogP contribution in [0, 0.1) is 0 Å². The Bertz CT molecular complexity index is 620. The van der Waals surface area contributed by atoms with Crippen molar-refractivity contribution in [3.63, 3.8) is 0 Å². The molecule has 0 aliphatic carbocycles. The number of nitrogens with one attached hydrogen (secondary N) is 1. The van der Waals surface area contributed by atoms with E-state index in [1.807, 2.05) is 4.90 Å². The average molecular weight is 406 g/mol. The zero-order valence-electron chi connectivity index (χ0n) is 15.3. The lowest BCUT2D eigenvalue weighted by atomic mass is 9.91. The topological polar surface area (TPSA) is 35.6 Å². The lowest BCUT2D eigenvalue weighted by Gasteiger charge is -2.37. The highest BCUT2D eigenvalue weighted by molar-refractivity contribution is 5.85. The van der Waals surface area contributed by atoms with Crippen molar-refractivity contribution in [2.24, 2.45) is 0 Å². The second-order valence-electron chi connectivity index (χ2n) is 7.01. The zero-order chi connectivity index (χ0) is 18.6. The molecule has 27 heavy (non-hydrogen) atoms. The van der Waals surface area contributed by atoms with Crippen LogP contribution in [0.15, 0.2) is 24.3 Å². The van der Waals surface area contributed by atoms with Crippen molar-refractivity contribution in [1.82, 2.24) is 15.1 Å². The maximum atomic E-state index is 13.4. The van der Waals surface area contributed by atoms with Crippen molar-refractivity contribution < 1.29 is 18.0 Å². The van der Waals surface area contributed by atoms with Gasteiger partial charge in [0.25, 0.3) is 0 Å². The first-order chi connectivity index (χ1) is 12.5. The SMILES string of the molecule is Cl.O=C(CCN1CCCCC1c1ccccc1C(F)(F)F)N1CCNCC1. The molecule has 2 aliphatic heterocycles. The van der Waals surface area contributed by atoms with Gasteiger partial charge in [0.15, 0.2) is 0 Å². The molecule has 1 atom stereocenters. The van der Waals surface area contributed by atoms with E-state index in [0.29, 0.717) is 38.0 Å². The Kier molecular flexibility index (Phi) is 7.94. The Morgan fingerprint density at radius 1 is 1.11 bits per heavy atom. The third-order valence-corrected chi connectivity index (χ3v) is 5.32. The number of carbonyl (C=O) groups is 1.